The van der Waals surface area contributed by atoms with E-state index in [1.165, 1.54) is 24.8 Å². The normalized spacial score (nSPS) is 18.4. The van der Waals surface area contributed by atoms with Crippen molar-refractivity contribution < 1.29 is 27.6 Å². The Hall–Kier alpha value is -0.113. The van der Waals surface area contributed by atoms with Gasteiger partial charge in [-0.2, -0.15) is 0 Å². The molecule has 0 N–H and O–H groups in total. The minimum absolute atomic E-state index is 0. The molecule has 1 aromatic rings. The minimum Gasteiger partial charge on any atom is -0.768 e. The summed E-state index contributed by atoms with van der Waals surface area (Å²) >= 11 is -2.11. The summed E-state index contributed by atoms with van der Waals surface area (Å²) in [4.78, 5) is 2.79. The van der Waals surface area contributed by atoms with Gasteiger partial charge in [-0.1, -0.05) is 18.6 Å². The van der Waals surface area contributed by atoms with Crippen molar-refractivity contribution in [3.8, 4) is 0 Å². The van der Waals surface area contributed by atoms with E-state index in [0.717, 1.165) is 19.6 Å². The van der Waals surface area contributed by atoms with Crippen molar-refractivity contribution in [3.05, 3.63) is 29.8 Å². The molecule has 2 rings (SSSR count). The Morgan fingerprint density at radius 3 is 2.24 bits per heavy atom. The van der Waals surface area contributed by atoms with Crippen LogP contribution in [0.25, 0.3) is 0 Å². The second kappa shape index (κ2) is 7.35. The van der Waals surface area contributed by atoms with Gasteiger partial charge in [-0.25, -0.2) is 0 Å². The monoisotopic (exact) mass is 245 g/mol. The van der Waals surface area contributed by atoms with Gasteiger partial charge in [-0.15, -0.1) is 0 Å². The van der Waals surface area contributed by atoms with Gasteiger partial charge in [0.2, 0.25) is 0 Å². The number of piperidine rings is 1. The first kappa shape index (κ1) is 14.9. The summed E-state index contributed by atoms with van der Waals surface area (Å²) in [6, 6.07) is 7.14. The fourth-order valence-corrected chi connectivity index (χ4v) is 2.44. The van der Waals surface area contributed by atoms with Crippen LogP contribution in [-0.2, 0) is 17.6 Å². The Morgan fingerprint density at radius 2 is 1.71 bits per heavy atom. The molecular formula is C12H16LiNO2S. The zero-order valence-corrected chi connectivity index (χ0v) is 11.0. The maximum absolute atomic E-state index is 10.7. The number of nitrogens with zero attached hydrogens (tertiary/aromatic N) is 1. The molecule has 1 aliphatic rings. The van der Waals surface area contributed by atoms with E-state index in [9.17, 15) is 8.76 Å². The molecule has 0 aliphatic carbocycles. The largest absolute Gasteiger partial charge is 1.00 e. The van der Waals surface area contributed by atoms with Crippen LogP contribution in [0, 0.1) is 0 Å². The molecule has 0 bridgehead atoms. The van der Waals surface area contributed by atoms with E-state index in [4.69, 9.17) is 0 Å². The number of likely N-dealkylation sites (tertiary alicyclic amines) is 1. The van der Waals surface area contributed by atoms with E-state index in [1.54, 1.807) is 12.1 Å². The predicted molar refractivity (Wildman–Crippen MR) is 62.8 cm³/mol. The van der Waals surface area contributed by atoms with Gasteiger partial charge in [0.1, 0.15) is 0 Å². The van der Waals surface area contributed by atoms with Gasteiger partial charge < -0.3 is 4.55 Å². The molecule has 0 saturated carbocycles. The third-order valence-corrected chi connectivity index (χ3v) is 3.63. The van der Waals surface area contributed by atoms with Crippen LogP contribution in [0.5, 0.6) is 0 Å². The van der Waals surface area contributed by atoms with Crippen LogP contribution in [-0.4, -0.2) is 26.8 Å². The first-order chi connectivity index (χ1) is 7.75. The fraction of sp³-hybridized carbons (Fsp3) is 0.500. The molecule has 1 heterocycles. The van der Waals surface area contributed by atoms with Gasteiger partial charge >= 0.3 is 18.9 Å². The first-order valence-electron chi connectivity index (χ1n) is 5.66. The Kier molecular flexibility index (Phi) is 6.46. The van der Waals surface area contributed by atoms with E-state index in [-0.39, 0.29) is 18.9 Å². The van der Waals surface area contributed by atoms with E-state index in [0.29, 0.717) is 4.90 Å². The third kappa shape index (κ3) is 4.57. The topological polar surface area (TPSA) is 43.4 Å². The second-order valence-electron chi connectivity index (χ2n) is 4.22. The molecule has 1 saturated heterocycles. The third-order valence-electron chi connectivity index (χ3n) is 2.97. The minimum atomic E-state index is -2.11. The van der Waals surface area contributed by atoms with Gasteiger partial charge in [0.05, 0.1) is 0 Å². The summed E-state index contributed by atoms with van der Waals surface area (Å²) < 4.78 is 21.4. The van der Waals surface area contributed by atoms with Gasteiger partial charge in [0.15, 0.2) is 0 Å². The maximum Gasteiger partial charge on any atom is 1.00 e. The zero-order valence-electron chi connectivity index (χ0n) is 10.2. The fourth-order valence-electron chi connectivity index (χ4n) is 2.08. The Labute approximate surface area is 117 Å². The molecule has 17 heavy (non-hydrogen) atoms. The molecule has 0 aromatic heterocycles. The molecule has 1 aliphatic heterocycles. The van der Waals surface area contributed by atoms with Crippen molar-refractivity contribution in [2.45, 2.75) is 30.7 Å². The Balaban J connectivity index is 0.00000144. The summed E-state index contributed by atoms with van der Waals surface area (Å²) in [5, 5.41) is 0. The molecule has 5 heteroatoms. The average Bonchev–Trinajstić information content (AvgIpc) is 2.31. The van der Waals surface area contributed by atoms with Crippen LogP contribution in [0.1, 0.15) is 24.8 Å². The van der Waals surface area contributed by atoms with Crippen molar-refractivity contribution >= 4 is 11.1 Å². The van der Waals surface area contributed by atoms with Gasteiger partial charge in [0.25, 0.3) is 0 Å². The number of hydrogen-bond donors (Lipinski definition) is 0. The molecule has 1 unspecified atom stereocenters. The summed E-state index contributed by atoms with van der Waals surface area (Å²) in [6.07, 6.45) is 3.90. The molecule has 0 spiro atoms. The van der Waals surface area contributed by atoms with Crippen LogP contribution in [0.2, 0.25) is 0 Å². The maximum atomic E-state index is 10.7. The SMILES string of the molecule is O=S([O-])c1ccc(CN2CCCCC2)cc1.[Li+]. The summed E-state index contributed by atoms with van der Waals surface area (Å²) in [7, 11) is 0. The molecular weight excluding hydrogens is 229 g/mol. The number of rotatable bonds is 3. The summed E-state index contributed by atoms with van der Waals surface area (Å²) in [5.41, 5.74) is 1.19. The smallest absolute Gasteiger partial charge is 0.768 e. The van der Waals surface area contributed by atoms with E-state index in [1.807, 2.05) is 12.1 Å². The van der Waals surface area contributed by atoms with Crippen LogP contribution < -0.4 is 18.9 Å². The molecule has 88 valence electrons. The first-order valence-corrected chi connectivity index (χ1v) is 6.74. The van der Waals surface area contributed by atoms with E-state index in [2.05, 4.69) is 4.90 Å². The van der Waals surface area contributed by atoms with Gasteiger partial charge in [-0.3, -0.25) is 9.11 Å². The number of benzene rings is 1. The quantitative estimate of drug-likeness (QED) is 0.502. The van der Waals surface area contributed by atoms with E-state index >= 15 is 0 Å². The molecule has 1 fully saturated rings. The van der Waals surface area contributed by atoms with Gasteiger partial charge in [-0.05, 0) is 54.7 Å². The predicted octanol–water partition coefficient (Wildman–Crippen LogP) is -1.09. The Bertz CT molecular complexity index is 363. The summed E-state index contributed by atoms with van der Waals surface area (Å²) in [6.45, 7) is 3.26. The number of hydrogen-bond acceptors (Lipinski definition) is 3. The van der Waals surface area contributed by atoms with Crippen molar-refractivity contribution in [2.75, 3.05) is 13.1 Å². The van der Waals surface area contributed by atoms with Crippen LogP contribution in [0.4, 0.5) is 0 Å². The van der Waals surface area contributed by atoms with Crippen molar-refractivity contribution in [1.82, 2.24) is 4.90 Å². The standard InChI is InChI=1S/C12H17NO2S.Li/c14-16(15)12-6-4-11(5-7-12)10-13-8-2-1-3-9-13;/h4-7H,1-3,8-10H2,(H,14,15);/q;+1/p-1. The van der Waals surface area contributed by atoms with Crippen molar-refractivity contribution in [2.24, 2.45) is 0 Å². The zero-order chi connectivity index (χ0) is 11.4. The molecule has 3 nitrogen and oxygen atoms in total. The van der Waals surface area contributed by atoms with Crippen molar-refractivity contribution in [1.29, 1.82) is 0 Å². The molecule has 0 radical (unpaired) electrons. The van der Waals surface area contributed by atoms with Crippen LogP contribution >= 0.6 is 0 Å². The molecule has 0 amide bonds. The van der Waals surface area contributed by atoms with Crippen LogP contribution in [0.15, 0.2) is 29.2 Å². The van der Waals surface area contributed by atoms with Gasteiger partial charge in [0, 0.05) is 11.4 Å². The Morgan fingerprint density at radius 1 is 1.12 bits per heavy atom. The average molecular weight is 245 g/mol. The summed E-state index contributed by atoms with van der Waals surface area (Å²) in [5.74, 6) is 0. The molecule has 1 aromatic carbocycles. The second-order valence-corrected chi connectivity index (χ2v) is 5.16. The molecule has 1 atom stereocenters. The van der Waals surface area contributed by atoms with E-state index < -0.39 is 11.1 Å². The van der Waals surface area contributed by atoms with Crippen molar-refractivity contribution in [3.63, 3.8) is 0 Å². The van der Waals surface area contributed by atoms with Crippen LogP contribution in [0.3, 0.4) is 0 Å².